The molecule has 0 N–H and O–H groups in total. The molecule has 0 saturated carbocycles. The fourth-order valence-electron chi connectivity index (χ4n) is 2.33. The Kier molecular flexibility index (Phi) is 5.27. The van der Waals surface area contributed by atoms with Crippen molar-refractivity contribution in [3.63, 3.8) is 0 Å². The Morgan fingerprint density at radius 1 is 1.40 bits per heavy atom. The molecule has 2 rings (SSSR count). The van der Waals surface area contributed by atoms with Crippen LogP contribution in [0, 0.1) is 5.92 Å². The lowest BCUT2D eigenvalue weighted by molar-refractivity contribution is 0.340. The van der Waals surface area contributed by atoms with Gasteiger partial charge in [0.1, 0.15) is 5.75 Å². The molecule has 0 radical (unpaired) electrons. The number of hydrogen-bond acceptors (Lipinski definition) is 3. The van der Waals surface area contributed by atoms with Gasteiger partial charge in [-0.15, -0.1) is 0 Å². The van der Waals surface area contributed by atoms with E-state index in [1.165, 1.54) is 0 Å². The van der Waals surface area contributed by atoms with Gasteiger partial charge in [0.15, 0.2) is 9.84 Å². The first-order valence-corrected chi connectivity index (χ1v) is 9.79. The predicted molar refractivity (Wildman–Crippen MR) is 86.1 cm³/mol. The van der Waals surface area contributed by atoms with Crippen molar-refractivity contribution in [2.75, 3.05) is 18.1 Å². The van der Waals surface area contributed by atoms with E-state index >= 15 is 0 Å². The lowest BCUT2D eigenvalue weighted by Crippen LogP contribution is -2.10. The zero-order valence-corrected chi connectivity index (χ0v) is 14.8. The van der Waals surface area contributed by atoms with Crippen LogP contribution in [0.2, 0.25) is 10.0 Å². The van der Waals surface area contributed by atoms with E-state index in [1.807, 2.05) is 6.92 Å². The molecule has 0 spiro atoms. The molecule has 0 aromatic heterocycles. The molecule has 3 nitrogen and oxygen atoms in total. The van der Waals surface area contributed by atoms with Crippen molar-refractivity contribution in [2.24, 2.45) is 5.92 Å². The fourth-order valence-corrected chi connectivity index (χ4v) is 5.88. The summed E-state index contributed by atoms with van der Waals surface area (Å²) in [4.78, 5) is -0.125. The summed E-state index contributed by atoms with van der Waals surface area (Å²) in [5.74, 6) is 0.986. The molecule has 2 atom stereocenters. The summed E-state index contributed by atoms with van der Waals surface area (Å²) in [7, 11) is -2.92. The van der Waals surface area contributed by atoms with Crippen LogP contribution in [-0.4, -0.2) is 26.5 Å². The lowest BCUT2D eigenvalue weighted by atomic mass is 9.98. The van der Waals surface area contributed by atoms with E-state index in [0.29, 0.717) is 28.8 Å². The van der Waals surface area contributed by atoms with Gasteiger partial charge >= 0.3 is 0 Å². The van der Waals surface area contributed by atoms with Crippen molar-refractivity contribution < 1.29 is 13.2 Å². The smallest absolute Gasteiger partial charge is 0.150 e. The van der Waals surface area contributed by atoms with Crippen molar-refractivity contribution in [2.45, 2.75) is 18.2 Å². The van der Waals surface area contributed by atoms with Crippen molar-refractivity contribution in [1.29, 1.82) is 0 Å². The Morgan fingerprint density at radius 2 is 2.10 bits per heavy atom. The van der Waals surface area contributed by atoms with E-state index in [2.05, 4.69) is 15.9 Å². The van der Waals surface area contributed by atoms with Crippen LogP contribution < -0.4 is 4.74 Å². The molecule has 1 fully saturated rings. The monoisotopic (exact) mass is 400 g/mol. The second-order valence-corrected chi connectivity index (χ2v) is 8.83. The van der Waals surface area contributed by atoms with E-state index in [-0.39, 0.29) is 22.3 Å². The van der Waals surface area contributed by atoms with Crippen LogP contribution in [0.25, 0.3) is 0 Å². The minimum atomic E-state index is -2.92. The average Bonchev–Trinajstić information content (AvgIpc) is 2.73. The zero-order valence-electron chi connectivity index (χ0n) is 10.9. The summed E-state index contributed by atoms with van der Waals surface area (Å²) in [6.45, 7) is 2.38. The van der Waals surface area contributed by atoms with Crippen molar-refractivity contribution in [1.82, 2.24) is 0 Å². The van der Waals surface area contributed by atoms with E-state index in [4.69, 9.17) is 27.9 Å². The van der Waals surface area contributed by atoms with E-state index in [0.717, 1.165) is 5.56 Å². The van der Waals surface area contributed by atoms with Gasteiger partial charge in [0.25, 0.3) is 0 Å². The number of hydrogen-bond donors (Lipinski definition) is 0. The Labute approximate surface area is 137 Å². The summed E-state index contributed by atoms with van der Waals surface area (Å²) < 4.78 is 28.5. The third-order valence-corrected chi connectivity index (χ3v) is 6.99. The van der Waals surface area contributed by atoms with Gasteiger partial charge in [-0.1, -0.05) is 39.1 Å². The van der Waals surface area contributed by atoms with Crippen molar-refractivity contribution >= 4 is 49.0 Å². The number of alkyl halides is 1. The highest BCUT2D eigenvalue weighted by Gasteiger charge is 2.34. The summed E-state index contributed by atoms with van der Waals surface area (Å²) >= 11 is 16.0. The lowest BCUT2D eigenvalue weighted by Gasteiger charge is -2.19. The molecule has 1 aliphatic heterocycles. The summed E-state index contributed by atoms with van der Waals surface area (Å²) in [6.07, 6.45) is 0.638. The predicted octanol–water partition coefficient (Wildman–Crippen LogP) is 4.26. The standard InChI is InChI=1S/C13H15BrCl2O3S/c1-2-19-12-6-10(15)9(5-11(12)16)13(14)8-3-4-20(17,18)7-8/h5-6,8,13H,2-4,7H2,1H3. The maximum Gasteiger partial charge on any atom is 0.150 e. The number of ether oxygens (including phenoxy) is 1. The molecule has 20 heavy (non-hydrogen) atoms. The van der Waals surface area contributed by atoms with E-state index < -0.39 is 9.84 Å². The third kappa shape index (κ3) is 3.62. The van der Waals surface area contributed by atoms with Crippen LogP contribution >= 0.6 is 39.1 Å². The van der Waals surface area contributed by atoms with Crippen LogP contribution in [-0.2, 0) is 9.84 Å². The topological polar surface area (TPSA) is 43.4 Å². The molecule has 1 saturated heterocycles. The van der Waals surface area contributed by atoms with Gasteiger partial charge in [0.2, 0.25) is 0 Å². The van der Waals surface area contributed by atoms with Gasteiger partial charge in [-0.25, -0.2) is 8.42 Å². The van der Waals surface area contributed by atoms with Crippen LogP contribution in [0.5, 0.6) is 5.75 Å². The first kappa shape index (κ1) is 16.4. The molecule has 0 aliphatic carbocycles. The third-order valence-electron chi connectivity index (χ3n) is 3.33. The Hall–Kier alpha value is 0.0300. The second kappa shape index (κ2) is 6.42. The highest BCUT2D eigenvalue weighted by molar-refractivity contribution is 9.09. The minimum absolute atomic E-state index is 0.0199. The average molecular weight is 402 g/mol. The Bertz CT molecular complexity index is 604. The Balaban J connectivity index is 2.26. The number of benzene rings is 1. The molecular weight excluding hydrogens is 387 g/mol. The fraction of sp³-hybridized carbons (Fsp3) is 0.538. The van der Waals surface area contributed by atoms with Gasteiger partial charge in [0, 0.05) is 15.9 Å². The van der Waals surface area contributed by atoms with Gasteiger partial charge in [-0.2, -0.15) is 0 Å². The van der Waals surface area contributed by atoms with Crippen LogP contribution in [0.3, 0.4) is 0 Å². The van der Waals surface area contributed by atoms with Gasteiger partial charge in [0.05, 0.1) is 23.1 Å². The van der Waals surface area contributed by atoms with E-state index in [1.54, 1.807) is 12.1 Å². The number of rotatable bonds is 4. The SMILES string of the molecule is CCOc1cc(Cl)c(C(Br)C2CCS(=O)(=O)C2)cc1Cl. The largest absolute Gasteiger partial charge is 0.492 e. The molecule has 1 heterocycles. The van der Waals surface area contributed by atoms with Gasteiger partial charge < -0.3 is 4.74 Å². The quantitative estimate of drug-likeness (QED) is 0.707. The maximum atomic E-state index is 11.6. The maximum absolute atomic E-state index is 11.6. The first-order chi connectivity index (χ1) is 9.34. The zero-order chi connectivity index (χ0) is 14.9. The molecule has 1 aromatic rings. The molecule has 1 aliphatic rings. The molecule has 0 bridgehead atoms. The molecule has 112 valence electrons. The highest BCUT2D eigenvalue weighted by atomic mass is 79.9. The number of halogens is 3. The normalized spacial score (nSPS) is 22.7. The minimum Gasteiger partial charge on any atom is -0.492 e. The Morgan fingerprint density at radius 3 is 2.65 bits per heavy atom. The van der Waals surface area contributed by atoms with Gasteiger partial charge in [-0.05, 0) is 30.9 Å². The van der Waals surface area contributed by atoms with Crippen molar-refractivity contribution in [3.05, 3.63) is 27.7 Å². The molecule has 7 heteroatoms. The molecule has 0 amide bonds. The summed E-state index contributed by atoms with van der Waals surface area (Å²) in [5, 5.41) is 1.01. The molecular formula is C13H15BrCl2O3S. The molecule has 1 aromatic carbocycles. The first-order valence-electron chi connectivity index (χ1n) is 6.30. The summed E-state index contributed by atoms with van der Waals surface area (Å²) in [6, 6.07) is 3.43. The number of sulfone groups is 1. The van der Waals surface area contributed by atoms with E-state index in [9.17, 15) is 8.42 Å². The second-order valence-electron chi connectivity index (χ2n) is 4.80. The van der Waals surface area contributed by atoms with Crippen molar-refractivity contribution in [3.8, 4) is 5.75 Å². The molecule has 2 unspecified atom stereocenters. The highest BCUT2D eigenvalue weighted by Crippen LogP contribution is 2.43. The summed E-state index contributed by atoms with van der Waals surface area (Å²) in [5.41, 5.74) is 0.808. The van der Waals surface area contributed by atoms with Crippen LogP contribution in [0.4, 0.5) is 0 Å². The van der Waals surface area contributed by atoms with Gasteiger partial charge in [-0.3, -0.25) is 0 Å². The van der Waals surface area contributed by atoms with Crippen LogP contribution in [0.15, 0.2) is 12.1 Å². The van der Waals surface area contributed by atoms with Crippen LogP contribution in [0.1, 0.15) is 23.7 Å².